The van der Waals surface area contributed by atoms with Gasteiger partial charge < -0.3 is 19.5 Å². The van der Waals surface area contributed by atoms with Crippen molar-refractivity contribution < 1.29 is 19.4 Å². The van der Waals surface area contributed by atoms with E-state index in [1.807, 2.05) is 48.3 Å². The molecule has 0 aromatic heterocycles. The van der Waals surface area contributed by atoms with E-state index in [1.165, 1.54) is 7.11 Å². The number of carbonyl (C=O) groups is 1. The lowest BCUT2D eigenvalue weighted by Crippen LogP contribution is -2.26. The van der Waals surface area contributed by atoms with Gasteiger partial charge in [-0.15, -0.1) is 0 Å². The van der Waals surface area contributed by atoms with E-state index in [4.69, 9.17) is 9.47 Å². The highest BCUT2D eigenvalue weighted by Gasteiger charge is 2.08. The van der Waals surface area contributed by atoms with E-state index in [1.54, 1.807) is 12.1 Å². The molecule has 0 fully saturated rings. The Kier molecular flexibility index (Phi) is 7.60. The lowest BCUT2D eigenvalue weighted by Gasteiger charge is -2.19. The van der Waals surface area contributed by atoms with Gasteiger partial charge >= 0.3 is 5.97 Å². The lowest BCUT2D eigenvalue weighted by molar-refractivity contribution is 0.0600. The van der Waals surface area contributed by atoms with E-state index in [2.05, 4.69) is 24.3 Å². The Labute approximate surface area is 177 Å². The van der Waals surface area contributed by atoms with Crippen LogP contribution in [0.15, 0.2) is 72.3 Å². The summed E-state index contributed by atoms with van der Waals surface area (Å²) in [7, 11) is 3.33. The summed E-state index contributed by atoms with van der Waals surface area (Å²) in [5, 5.41) is 11.4. The monoisotopic (exact) mass is 405 g/mol. The summed E-state index contributed by atoms with van der Waals surface area (Å²) in [6.45, 7) is 1.75. The fraction of sp³-hybridized carbons (Fsp3) is 0.240. The molecule has 3 aromatic carbocycles. The van der Waals surface area contributed by atoms with Crippen molar-refractivity contribution in [3.63, 3.8) is 0 Å². The summed E-state index contributed by atoms with van der Waals surface area (Å²) in [5.41, 5.74) is 2.54. The molecule has 0 bridgehead atoms. The van der Waals surface area contributed by atoms with Crippen LogP contribution in [0, 0.1) is 0 Å². The van der Waals surface area contributed by atoms with Crippen molar-refractivity contribution in [2.24, 2.45) is 0 Å². The van der Waals surface area contributed by atoms with Gasteiger partial charge in [-0.2, -0.15) is 0 Å². The predicted octanol–water partition coefficient (Wildman–Crippen LogP) is 4.01. The molecule has 156 valence electrons. The molecule has 0 atom stereocenters. The summed E-state index contributed by atoms with van der Waals surface area (Å²) in [4.78, 5) is 13.7. The maximum absolute atomic E-state index is 11.6. The zero-order chi connectivity index (χ0) is 21.3. The van der Waals surface area contributed by atoms with Crippen LogP contribution in [0.2, 0.25) is 0 Å². The fourth-order valence-electron chi connectivity index (χ4n) is 3.29. The molecule has 0 aliphatic carbocycles. The largest absolute Gasteiger partial charge is 0.489 e. The number of aliphatic hydroxyl groups is 1. The number of carbonyl (C=O) groups excluding carboxylic acids is 1. The molecule has 3 aromatic rings. The van der Waals surface area contributed by atoms with Crippen molar-refractivity contribution in [1.82, 2.24) is 4.90 Å². The number of fused-ring (bicyclic) bond motifs is 1. The highest BCUT2D eigenvalue weighted by Crippen LogP contribution is 2.25. The molecule has 0 unspecified atom stereocenters. The number of likely N-dealkylation sites (N-methyl/N-ethyl adjacent to an activating group) is 1. The average Bonchev–Trinajstić information content (AvgIpc) is 2.77. The first-order chi connectivity index (χ1) is 14.6. The second-order valence-electron chi connectivity index (χ2n) is 7.14. The molecule has 1 N–H and O–H groups in total. The standard InChI is InChI=1S/C25H27NO4/c1-26(14-15-27)17-20(16-19-10-12-22(13-11-19)25(28)29-2)18-30-24-9-5-7-21-6-3-4-8-23(21)24/h3-13,16,27H,14-15,17-18H2,1-2H3/b20-16-. The van der Waals surface area contributed by atoms with Crippen LogP contribution in [0.25, 0.3) is 16.8 Å². The van der Waals surface area contributed by atoms with Gasteiger partial charge in [0.2, 0.25) is 0 Å². The van der Waals surface area contributed by atoms with Gasteiger partial charge in [-0.1, -0.05) is 54.6 Å². The number of methoxy groups -OCH3 is 1. The van der Waals surface area contributed by atoms with E-state index < -0.39 is 0 Å². The van der Waals surface area contributed by atoms with Gasteiger partial charge in [0.25, 0.3) is 0 Å². The highest BCUT2D eigenvalue weighted by molar-refractivity contribution is 5.89. The zero-order valence-corrected chi connectivity index (χ0v) is 17.4. The van der Waals surface area contributed by atoms with Crippen molar-refractivity contribution in [1.29, 1.82) is 0 Å². The van der Waals surface area contributed by atoms with Crippen LogP contribution in [0.1, 0.15) is 15.9 Å². The molecule has 0 saturated carbocycles. The molecule has 0 aliphatic rings. The van der Waals surface area contributed by atoms with Gasteiger partial charge in [0.05, 0.1) is 19.3 Å². The molecule has 0 radical (unpaired) electrons. The molecule has 3 rings (SSSR count). The number of nitrogens with zero attached hydrogens (tertiary/aromatic N) is 1. The van der Waals surface area contributed by atoms with Crippen molar-refractivity contribution >= 4 is 22.8 Å². The smallest absolute Gasteiger partial charge is 0.337 e. The quantitative estimate of drug-likeness (QED) is 0.545. The van der Waals surface area contributed by atoms with Crippen molar-refractivity contribution in [3.8, 4) is 5.75 Å². The number of rotatable bonds is 9. The number of esters is 1. The van der Waals surface area contributed by atoms with Crippen LogP contribution in [0.3, 0.4) is 0 Å². The number of ether oxygens (including phenoxy) is 2. The maximum Gasteiger partial charge on any atom is 0.337 e. The second kappa shape index (κ2) is 10.6. The van der Waals surface area contributed by atoms with E-state index in [9.17, 15) is 9.90 Å². The summed E-state index contributed by atoms with van der Waals surface area (Å²) < 4.78 is 10.9. The van der Waals surface area contributed by atoms with Gasteiger partial charge in [0, 0.05) is 18.5 Å². The van der Waals surface area contributed by atoms with Crippen molar-refractivity contribution in [2.45, 2.75) is 0 Å². The van der Waals surface area contributed by atoms with Crippen LogP contribution >= 0.6 is 0 Å². The molecule has 0 spiro atoms. The number of hydrogen-bond donors (Lipinski definition) is 1. The van der Waals surface area contributed by atoms with Crippen LogP contribution in [0.4, 0.5) is 0 Å². The molecular weight excluding hydrogens is 378 g/mol. The Balaban J connectivity index is 1.81. The van der Waals surface area contributed by atoms with Crippen LogP contribution in [-0.4, -0.2) is 56.4 Å². The molecule has 5 heteroatoms. The van der Waals surface area contributed by atoms with Crippen LogP contribution in [-0.2, 0) is 4.74 Å². The molecule has 30 heavy (non-hydrogen) atoms. The van der Waals surface area contributed by atoms with Crippen molar-refractivity contribution in [3.05, 3.63) is 83.4 Å². The number of hydrogen-bond acceptors (Lipinski definition) is 5. The average molecular weight is 405 g/mol. The van der Waals surface area contributed by atoms with Gasteiger partial charge in [-0.25, -0.2) is 4.79 Å². The second-order valence-corrected chi connectivity index (χ2v) is 7.14. The minimum Gasteiger partial charge on any atom is -0.489 e. The topological polar surface area (TPSA) is 59.0 Å². The van der Waals surface area contributed by atoms with E-state index in [0.717, 1.165) is 27.7 Å². The van der Waals surface area contributed by atoms with Crippen molar-refractivity contribution in [2.75, 3.05) is 40.5 Å². The first-order valence-electron chi connectivity index (χ1n) is 9.88. The number of benzene rings is 3. The van der Waals surface area contributed by atoms with E-state index >= 15 is 0 Å². The van der Waals surface area contributed by atoms with Crippen LogP contribution in [0.5, 0.6) is 5.75 Å². The minimum absolute atomic E-state index is 0.0990. The first-order valence-corrected chi connectivity index (χ1v) is 9.88. The molecule has 0 saturated heterocycles. The first kappa shape index (κ1) is 21.6. The van der Waals surface area contributed by atoms with Crippen LogP contribution < -0.4 is 4.74 Å². The zero-order valence-electron chi connectivity index (χ0n) is 17.4. The fourth-order valence-corrected chi connectivity index (χ4v) is 3.29. The summed E-state index contributed by atoms with van der Waals surface area (Å²) in [6.07, 6.45) is 2.06. The Morgan fingerprint density at radius 2 is 1.77 bits per heavy atom. The highest BCUT2D eigenvalue weighted by atomic mass is 16.5. The maximum atomic E-state index is 11.6. The number of aliphatic hydroxyl groups excluding tert-OH is 1. The Morgan fingerprint density at radius 1 is 1.03 bits per heavy atom. The van der Waals surface area contributed by atoms with Gasteiger partial charge in [-0.05, 0) is 41.8 Å². The predicted molar refractivity (Wildman–Crippen MR) is 120 cm³/mol. The van der Waals surface area contributed by atoms with Gasteiger partial charge in [-0.3, -0.25) is 0 Å². The minimum atomic E-state index is -0.354. The third-order valence-electron chi connectivity index (χ3n) is 4.82. The lowest BCUT2D eigenvalue weighted by atomic mass is 10.1. The Bertz CT molecular complexity index is 1010. The third-order valence-corrected chi connectivity index (χ3v) is 4.82. The molecule has 5 nitrogen and oxygen atoms in total. The molecule has 0 amide bonds. The molecular formula is C25H27NO4. The Hall–Kier alpha value is -3.15. The van der Waals surface area contributed by atoms with Gasteiger partial charge in [0.1, 0.15) is 12.4 Å². The van der Waals surface area contributed by atoms with E-state index in [-0.39, 0.29) is 12.6 Å². The normalized spacial score (nSPS) is 11.7. The summed E-state index contributed by atoms with van der Waals surface area (Å²) in [5.74, 6) is 0.484. The SMILES string of the molecule is COC(=O)c1ccc(/C=C(\COc2cccc3ccccc23)CN(C)CCO)cc1. The van der Waals surface area contributed by atoms with E-state index in [0.29, 0.717) is 25.3 Å². The summed E-state index contributed by atoms with van der Waals surface area (Å²) in [6, 6.07) is 21.4. The molecule has 0 heterocycles. The summed E-state index contributed by atoms with van der Waals surface area (Å²) >= 11 is 0. The molecule has 0 aliphatic heterocycles. The third kappa shape index (κ3) is 5.69. The Morgan fingerprint density at radius 3 is 2.50 bits per heavy atom. The van der Waals surface area contributed by atoms with Gasteiger partial charge in [0.15, 0.2) is 0 Å².